The van der Waals surface area contributed by atoms with Crippen molar-refractivity contribution in [3.63, 3.8) is 0 Å². The van der Waals surface area contributed by atoms with E-state index in [1.807, 2.05) is 36.2 Å². The third kappa shape index (κ3) is 2.65. The number of phenolic OH excluding ortho intramolecular Hbond substituents is 1. The van der Waals surface area contributed by atoms with Crippen molar-refractivity contribution in [2.75, 3.05) is 7.05 Å². The summed E-state index contributed by atoms with van der Waals surface area (Å²) in [5.74, 6) is 2.66. The van der Waals surface area contributed by atoms with E-state index < -0.39 is 0 Å². The maximum absolute atomic E-state index is 12.2. The fourth-order valence-corrected chi connectivity index (χ4v) is 7.62. The van der Waals surface area contributed by atoms with Crippen molar-refractivity contribution in [2.45, 2.75) is 58.4 Å². The van der Waals surface area contributed by atoms with Gasteiger partial charge in [0.05, 0.1) is 0 Å². The summed E-state index contributed by atoms with van der Waals surface area (Å²) in [7, 11) is 1.99. The molecule has 0 spiro atoms. The summed E-state index contributed by atoms with van der Waals surface area (Å²) in [5, 5.41) is 10.3. The summed E-state index contributed by atoms with van der Waals surface area (Å²) in [6, 6.07) is 8.06. The lowest BCUT2D eigenvalue weighted by Crippen LogP contribution is -2.59. The third-order valence-corrected chi connectivity index (χ3v) is 9.24. The van der Waals surface area contributed by atoms with Crippen LogP contribution in [0, 0.1) is 28.6 Å². The largest absolute Gasteiger partial charge is 0.507 e. The van der Waals surface area contributed by atoms with Crippen LogP contribution in [0.2, 0.25) is 0 Å². The Morgan fingerprint density at radius 1 is 1.10 bits per heavy atom. The van der Waals surface area contributed by atoms with Crippen LogP contribution in [0.5, 0.6) is 5.75 Å². The van der Waals surface area contributed by atoms with Gasteiger partial charge in [-0.25, -0.2) is 0 Å². The van der Waals surface area contributed by atoms with E-state index in [9.17, 15) is 9.90 Å². The second-order valence-electron chi connectivity index (χ2n) is 10.3. The third-order valence-electron chi connectivity index (χ3n) is 9.24. The van der Waals surface area contributed by atoms with Crippen LogP contribution in [0.15, 0.2) is 42.0 Å². The van der Waals surface area contributed by atoms with Gasteiger partial charge in [-0.05, 0) is 73.8 Å². The molecular weight excluding hydrogens is 358 g/mol. The van der Waals surface area contributed by atoms with E-state index in [4.69, 9.17) is 0 Å². The van der Waals surface area contributed by atoms with E-state index in [1.165, 1.54) is 31.3 Å². The molecule has 1 amide bonds. The van der Waals surface area contributed by atoms with E-state index in [-0.39, 0.29) is 16.7 Å². The first-order chi connectivity index (χ1) is 13.8. The van der Waals surface area contributed by atoms with E-state index in [1.54, 1.807) is 6.07 Å². The molecule has 0 radical (unpaired) electrons. The van der Waals surface area contributed by atoms with E-state index in [0.29, 0.717) is 23.6 Å². The number of fused-ring (bicyclic) bond motifs is 5. The van der Waals surface area contributed by atoms with Crippen LogP contribution in [-0.4, -0.2) is 29.0 Å². The van der Waals surface area contributed by atoms with Crippen LogP contribution in [-0.2, 0) is 4.79 Å². The second-order valence-corrected chi connectivity index (χ2v) is 10.3. The summed E-state index contributed by atoms with van der Waals surface area (Å²) in [6.45, 7) is 4.89. The molecule has 3 saturated carbocycles. The zero-order valence-corrected chi connectivity index (χ0v) is 17.9. The summed E-state index contributed by atoms with van der Waals surface area (Å²) < 4.78 is 0. The number of amides is 1. The maximum Gasteiger partial charge on any atom is 0.246 e. The number of hydrogen-bond acceptors (Lipinski definition) is 2. The molecule has 3 heteroatoms. The summed E-state index contributed by atoms with van der Waals surface area (Å²) in [4.78, 5) is 14.2. The van der Waals surface area contributed by atoms with Crippen molar-refractivity contribution in [3.05, 3.63) is 47.6 Å². The van der Waals surface area contributed by atoms with Gasteiger partial charge in [0.25, 0.3) is 0 Å². The van der Waals surface area contributed by atoms with Crippen LogP contribution in [0.3, 0.4) is 0 Å². The first-order valence-corrected chi connectivity index (χ1v) is 11.3. The molecule has 0 aromatic heterocycles. The van der Waals surface area contributed by atoms with Crippen molar-refractivity contribution in [2.24, 2.45) is 28.6 Å². The molecule has 3 nitrogen and oxygen atoms in total. The molecule has 1 aliphatic heterocycles. The molecular formula is C26H33NO2. The summed E-state index contributed by atoms with van der Waals surface area (Å²) in [6.07, 6.45) is 13.6. The van der Waals surface area contributed by atoms with Crippen LogP contribution in [0.25, 0.3) is 6.08 Å². The molecule has 154 valence electrons. The Hall–Kier alpha value is -2.03. The Morgan fingerprint density at radius 3 is 2.69 bits per heavy atom. The van der Waals surface area contributed by atoms with Gasteiger partial charge >= 0.3 is 0 Å². The molecule has 6 atom stereocenters. The Bertz CT molecular complexity index is 902. The maximum atomic E-state index is 12.2. The number of benzene rings is 1. The van der Waals surface area contributed by atoms with Crippen molar-refractivity contribution in [3.8, 4) is 5.75 Å². The molecule has 1 N–H and O–H groups in total. The van der Waals surface area contributed by atoms with E-state index in [0.717, 1.165) is 24.3 Å². The monoisotopic (exact) mass is 391 g/mol. The Morgan fingerprint density at radius 2 is 1.90 bits per heavy atom. The Kier molecular flexibility index (Phi) is 4.24. The van der Waals surface area contributed by atoms with Gasteiger partial charge in [-0.1, -0.05) is 49.8 Å². The highest BCUT2D eigenvalue weighted by Crippen LogP contribution is 2.65. The highest BCUT2D eigenvalue weighted by atomic mass is 16.3. The van der Waals surface area contributed by atoms with Crippen molar-refractivity contribution < 1.29 is 9.90 Å². The molecule has 29 heavy (non-hydrogen) atoms. The van der Waals surface area contributed by atoms with Gasteiger partial charge in [0.15, 0.2) is 0 Å². The molecule has 0 bridgehead atoms. The molecule has 1 aromatic carbocycles. The minimum absolute atomic E-state index is 0.108. The quantitative estimate of drug-likeness (QED) is 0.695. The zero-order chi connectivity index (χ0) is 20.4. The first kappa shape index (κ1) is 19.0. The van der Waals surface area contributed by atoms with Gasteiger partial charge in [-0.2, -0.15) is 0 Å². The van der Waals surface area contributed by atoms with Gasteiger partial charge in [-0.3, -0.25) is 4.79 Å². The molecule has 3 fully saturated rings. The topological polar surface area (TPSA) is 40.5 Å². The van der Waals surface area contributed by atoms with Crippen LogP contribution >= 0.6 is 0 Å². The van der Waals surface area contributed by atoms with Gasteiger partial charge in [0.1, 0.15) is 5.75 Å². The number of allylic oxidation sites excluding steroid dienone is 1. The summed E-state index contributed by atoms with van der Waals surface area (Å²) in [5.41, 5.74) is 2.84. The minimum atomic E-state index is 0.108. The second kappa shape index (κ2) is 6.48. The lowest BCUT2D eigenvalue weighted by molar-refractivity contribution is -0.137. The fraction of sp³-hybridized carbons (Fsp3) is 0.577. The number of carbonyl (C=O) groups excluding carboxylic acids is 1. The molecule has 3 aliphatic carbocycles. The number of likely N-dealkylation sites (N-methyl/N-ethyl adjacent to an activating group) is 1. The SMILES string of the molecule is CN1C(=O)C=C[C@@]2(C)C1CC[C@@H]1[C@H]2CC[C@]2(C)C(=Cc3ccccc3O)CC[C@@H]12. The van der Waals surface area contributed by atoms with Crippen LogP contribution in [0.4, 0.5) is 0 Å². The van der Waals surface area contributed by atoms with Gasteiger partial charge in [-0.15, -0.1) is 0 Å². The van der Waals surface area contributed by atoms with Crippen LogP contribution in [0.1, 0.15) is 57.9 Å². The van der Waals surface area contributed by atoms with E-state index in [2.05, 4.69) is 26.0 Å². The number of hydrogen-bond donors (Lipinski definition) is 1. The molecule has 1 heterocycles. The number of aromatic hydroxyl groups is 1. The van der Waals surface area contributed by atoms with Gasteiger partial charge in [0, 0.05) is 24.1 Å². The Labute approximate surface area is 174 Å². The average Bonchev–Trinajstić information content (AvgIpc) is 3.03. The van der Waals surface area contributed by atoms with Crippen molar-refractivity contribution >= 4 is 12.0 Å². The fourth-order valence-electron chi connectivity index (χ4n) is 7.62. The lowest BCUT2D eigenvalue weighted by Gasteiger charge is -2.59. The number of nitrogens with zero attached hydrogens (tertiary/aromatic N) is 1. The molecule has 5 rings (SSSR count). The predicted octanol–water partition coefficient (Wildman–Crippen LogP) is 5.42. The number of phenols is 1. The molecule has 4 aliphatic rings. The number of carbonyl (C=O) groups is 1. The van der Waals surface area contributed by atoms with Gasteiger partial charge < -0.3 is 10.0 Å². The summed E-state index contributed by atoms with van der Waals surface area (Å²) >= 11 is 0. The van der Waals surface area contributed by atoms with Crippen molar-refractivity contribution in [1.82, 2.24) is 4.90 Å². The standard InChI is InChI=1S/C26H33NO2/c1-25-14-12-21-19(9-11-23-26(21,2)15-13-24(29)27(23)3)20(25)10-8-18(25)16-17-6-4-5-7-22(17)28/h4-7,13,15-16,19-21,23,28H,8-12,14H2,1-3H3/t19-,20-,21+,23?,25+,26+/m0/s1. The molecule has 0 saturated heterocycles. The highest BCUT2D eigenvalue weighted by Gasteiger charge is 2.59. The van der Waals surface area contributed by atoms with E-state index >= 15 is 0 Å². The number of para-hydroxylation sites is 1. The smallest absolute Gasteiger partial charge is 0.246 e. The zero-order valence-electron chi connectivity index (χ0n) is 17.9. The minimum Gasteiger partial charge on any atom is -0.507 e. The Balaban J connectivity index is 1.47. The first-order valence-electron chi connectivity index (χ1n) is 11.3. The molecule has 1 unspecified atom stereocenters. The number of rotatable bonds is 1. The lowest BCUT2D eigenvalue weighted by atomic mass is 9.48. The normalized spacial score (nSPS) is 42.5. The average molecular weight is 392 g/mol. The predicted molar refractivity (Wildman–Crippen MR) is 116 cm³/mol. The highest BCUT2D eigenvalue weighted by molar-refractivity contribution is 5.89. The van der Waals surface area contributed by atoms with Crippen LogP contribution < -0.4 is 0 Å². The van der Waals surface area contributed by atoms with Crippen molar-refractivity contribution in [1.29, 1.82) is 0 Å². The van der Waals surface area contributed by atoms with Gasteiger partial charge in [0.2, 0.25) is 5.91 Å². The molecule has 1 aromatic rings.